The quantitative estimate of drug-likeness (QED) is 0.372. The molecule has 0 radical (unpaired) electrons. The molecule has 0 atom stereocenters. The van der Waals surface area contributed by atoms with E-state index in [1.54, 1.807) is 0 Å². The molecule has 2 aromatic carbocycles. The van der Waals surface area contributed by atoms with Crippen LogP contribution < -0.4 is 5.32 Å². The van der Waals surface area contributed by atoms with Crippen LogP contribution in [0, 0.1) is 0 Å². The van der Waals surface area contributed by atoms with E-state index in [2.05, 4.69) is 56.5 Å². The van der Waals surface area contributed by atoms with Gasteiger partial charge in [0.05, 0.1) is 11.6 Å². The Morgan fingerprint density at radius 1 is 1.00 bits per heavy atom. The molecule has 4 rings (SSSR count). The number of likely N-dealkylation sites (tertiary alicyclic amines) is 1. The first-order valence-corrected chi connectivity index (χ1v) is 10.9. The number of furan rings is 1. The molecule has 1 aliphatic rings. The fourth-order valence-corrected chi connectivity index (χ4v) is 4.46. The van der Waals surface area contributed by atoms with Crippen LogP contribution in [0.3, 0.4) is 0 Å². The number of halogens is 4. The van der Waals surface area contributed by atoms with E-state index in [0.717, 1.165) is 47.7 Å². The van der Waals surface area contributed by atoms with Crippen molar-refractivity contribution in [3.05, 3.63) is 81.5 Å². The average molecular weight is 533 g/mol. The molecule has 0 spiro atoms. The molecule has 1 saturated heterocycles. The predicted octanol–water partition coefficient (Wildman–Crippen LogP) is 6.96. The minimum atomic E-state index is 0. The first kappa shape index (κ1) is 25.3. The summed E-state index contributed by atoms with van der Waals surface area (Å²) in [7, 11) is 0. The van der Waals surface area contributed by atoms with Crippen LogP contribution in [0.25, 0.3) is 11.3 Å². The lowest BCUT2D eigenvalue weighted by Gasteiger charge is -2.32. The summed E-state index contributed by atoms with van der Waals surface area (Å²) in [6.07, 6.45) is 2.33. The Hall–Kier alpha value is -1.01. The molecule has 1 aromatic heterocycles. The third-order valence-corrected chi connectivity index (χ3v) is 6.07. The van der Waals surface area contributed by atoms with Crippen molar-refractivity contribution in [1.82, 2.24) is 10.2 Å². The zero-order chi connectivity index (χ0) is 19.3. The van der Waals surface area contributed by atoms with Gasteiger partial charge in [-0.1, -0.05) is 57.9 Å². The number of benzene rings is 2. The highest BCUT2D eigenvalue weighted by Gasteiger charge is 2.19. The smallest absolute Gasteiger partial charge is 0.135 e. The summed E-state index contributed by atoms with van der Waals surface area (Å²) in [4.78, 5) is 2.54. The highest BCUT2D eigenvalue weighted by atomic mass is 79.9. The zero-order valence-electron chi connectivity index (χ0n) is 16.5. The van der Waals surface area contributed by atoms with E-state index in [4.69, 9.17) is 16.0 Å². The Bertz CT molecular complexity index is 912. The summed E-state index contributed by atoms with van der Waals surface area (Å²) in [5.41, 5.74) is 2.31. The Morgan fingerprint density at radius 2 is 1.73 bits per heavy atom. The second kappa shape index (κ2) is 12.1. The molecule has 162 valence electrons. The third kappa shape index (κ3) is 6.74. The number of hydrogen-bond donors (Lipinski definition) is 1. The molecule has 3 nitrogen and oxygen atoms in total. The number of rotatable bonds is 6. The van der Waals surface area contributed by atoms with E-state index in [0.29, 0.717) is 11.1 Å². The monoisotopic (exact) mass is 530 g/mol. The molecule has 7 heteroatoms. The predicted molar refractivity (Wildman–Crippen MR) is 133 cm³/mol. The van der Waals surface area contributed by atoms with Gasteiger partial charge < -0.3 is 9.73 Å². The van der Waals surface area contributed by atoms with E-state index >= 15 is 0 Å². The minimum absolute atomic E-state index is 0. The number of nitrogens with one attached hydrogen (secondary N) is 1. The Balaban J connectivity index is 0.00000160. The highest BCUT2D eigenvalue weighted by molar-refractivity contribution is 9.10. The van der Waals surface area contributed by atoms with Gasteiger partial charge in [-0.05, 0) is 61.8 Å². The number of nitrogens with zero attached hydrogens (tertiary/aromatic N) is 1. The van der Waals surface area contributed by atoms with E-state index in [1.807, 2.05) is 30.3 Å². The van der Waals surface area contributed by atoms with Gasteiger partial charge in [0.1, 0.15) is 11.5 Å². The van der Waals surface area contributed by atoms with Crippen molar-refractivity contribution >= 4 is 52.3 Å². The SMILES string of the molecule is Cl.Cl.Clc1cc(Br)ccc1-c1ccc(CNC2CCN(Cc3ccccc3)CC2)o1. The van der Waals surface area contributed by atoms with Crippen molar-refractivity contribution in [1.29, 1.82) is 0 Å². The molecular formula is C23H26BrCl3N2O. The lowest BCUT2D eigenvalue weighted by molar-refractivity contribution is 0.189. The van der Waals surface area contributed by atoms with Gasteiger partial charge in [0.15, 0.2) is 0 Å². The Kier molecular flexibility index (Phi) is 10.2. The molecule has 0 unspecified atom stereocenters. The van der Waals surface area contributed by atoms with Crippen LogP contribution in [0.4, 0.5) is 0 Å². The van der Waals surface area contributed by atoms with Gasteiger partial charge in [0.25, 0.3) is 0 Å². The molecule has 1 aliphatic heterocycles. The summed E-state index contributed by atoms with van der Waals surface area (Å²) in [5.74, 6) is 1.76. The molecule has 1 fully saturated rings. The van der Waals surface area contributed by atoms with Crippen LogP contribution in [0.1, 0.15) is 24.2 Å². The maximum atomic E-state index is 6.33. The van der Waals surface area contributed by atoms with E-state index in [-0.39, 0.29) is 24.8 Å². The number of piperidine rings is 1. The van der Waals surface area contributed by atoms with Crippen molar-refractivity contribution in [2.24, 2.45) is 0 Å². The van der Waals surface area contributed by atoms with Crippen LogP contribution in [0.2, 0.25) is 5.02 Å². The topological polar surface area (TPSA) is 28.4 Å². The second-order valence-electron chi connectivity index (χ2n) is 7.31. The summed E-state index contributed by atoms with van der Waals surface area (Å²) in [6.45, 7) is 4.05. The van der Waals surface area contributed by atoms with Crippen LogP contribution >= 0.6 is 52.3 Å². The van der Waals surface area contributed by atoms with Crippen LogP contribution in [0.15, 0.2) is 69.6 Å². The van der Waals surface area contributed by atoms with Crippen molar-refractivity contribution in [2.45, 2.75) is 32.0 Å². The lowest BCUT2D eigenvalue weighted by Crippen LogP contribution is -2.41. The van der Waals surface area contributed by atoms with Crippen molar-refractivity contribution in [2.75, 3.05) is 13.1 Å². The van der Waals surface area contributed by atoms with Crippen molar-refractivity contribution < 1.29 is 4.42 Å². The van der Waals surface area contributed by atoms with Gasteiger partial charge in [-0.25, -0.2) is 0 Å². The average Bonchev–Trinajstić information content (AvgIpc) is 3.17. The van der Waals surface area contributed by atoms with Crippen LogP contribution in [-0.4, -0.2) is 24.0 Å². The molecule has 0 aliphatic carbocycles. The molecule has 3 aromatic rings. The molecule has 30 heavy (non-hydrogen) atoms. The fraction of sp³-hybridized carbons (Fsp3) is 0.304. The summed E-state index contributed by atoms with van der Waals surface area (Å²) < 4.78 is 6.97. The minimum Gasteiger partial charge on any atom is -0.460 e. The standard InChI is InChI=1S/C23H24BrClN2O.2ClH/c24-18-6-8-21(22(25)14-18)23-9-7-20(28-23)15-26-19-10-12-27(13-11-19)16-17-4-2-1-3-5-17;;/h1-9,14,19,26H,10-13,15-16H2;2*1H. The molecule has 0 saturated carbocycles. The molecule has 1 N–H and O–H groups in total. The largest absolute Gasteiger partial charge is 0.460 e. The second-order valence-corrected chi connectivity index (χ2v) is 8.63. The molecule has 0 amide bonds. The van der Waals surface area contributed by atoms with Crippen molar-refractivity contribution in [3.63, 3.8) is 0 Å². The summed E-state index contributed by atoms with van der Waals surface area (Å²) in [6, 6.07) is 21.1. The van der Waals surface area contributed by atoms with Crippen LogP contribution in [0.5, 0.6) is 0 Å². The molecule has 2 heterocycles. The van der Waals surface area contributed by atoms with E-state index in [9.17, 15) is 0 Å². The Labute approximate surface area is 204 Å². The van der Waals surface area contributed by atoms with Crippen molar-refractivity contribution in [3.8, 4) is 11.3 Å². The van der Waals surface area contributed by atoms with E-state index < -0.39 is 0 Å². The van der Waals surface area contributed by atoms with Crippen LogP contribution in [-0.2, 0) is 13.1 Å². The molecular weight excluding hydrogens is 507 g/mol. The maximum absolute atomic E-state index is 6.33. The normalized spacial score (nSPS) is 14.7. The molecule has 0 bridgehead atoms. The Morgan fingerprint density at radius 3 is 2.43 bits per heavy atom. The zero-order valence-corrected chi connectivity index (χ0v) is 20.5. The fourth-order valence-electron chi connectivity index (χ4n) is 3.69. The van der Waals surface area contributed by atoms with Gasteiger partial charge >= 0.3 is 0 Å². The van der Waals surface area contributed by atoms with Gasteiger partial charge in [-0.15, -0.1) is 24.8 Å². The maximum Gasteiger partial charge on any atom is 0.135 e. The van der Waals surface area contributed by atoms with Gasteiger partial charge in [-0.2, -0.15) is 0 Å². The number of hydrogen-bond acceptors (Lipinski definition) is 3. The van der Waals surface area contributed by atoms with E-state index in [1.165, 1.54) is 18.4 Å². The first-order chi connectivity index (χ1) is 13.7. The lowest BCUT2D eigenvalue weighted by atomic mass is 10.0. The highest BCUT2D eigenvalue weighted by Crippen LogP contribution is 2.31. The summed E-state index contributed by atoms with van der Waals surface area (Å²) >= 11 is 9.77. The third-order valence-electron chi connectivity index (χ3n) is 5.26. The van der Waals surface area contributed by atoms with Gasteiger partial charge in [0.2, 0.25) is 0 Å². The first-order valence-electron chi connectivity index (χ1n) is 9.71. The van der Waals surface area contributed by atoms with Gasteiger partial charge in [0, 0.05) is 22.6 Å². The summed E-state index contributed by atoms with van der Waals surface area (Å²) in [5, 5.41) is 4.34. The van der Waals surface area contributed by atoms with Gasteiger partial charge in [-0.3, -0.25) is 4.90 Å².